The Hall–Kier alpha value is -1.60. The molecule has 0 aliphatic heterocycles. The summed E-state index contributed by atoms with van der Waals surface area (Å²) in [6, 6.07) is 3.52. The first kappa shape index (κ1) is 5.54. The summed E-state index contributed by atoms with van der Waals surface area (Å²) in [6.45, 7) is 0. The number of terminal acetylenes is 1. The third kappa shape index (κ3) is 1.40. The summed E-state index contributed by atoms with van der Waals surface area (Å²) >= 11 is 0. The number of hydrogen-bond donors (Lipinski definition) is 0. The van der Waals surface area contributed by atoms with Crippen LogP contribution in [0.3, 0.4) is 0 Å². The molecule has 1 aromatic heterocycles. The number of rotatable bonds is 0. The van der Waals surface area contributed by atoms with Crippen molar-refractivity contribution in [2.75, 3.05) is 0 Å². The van der Waals surface area contributed by atoms with Gasteiger partial charge >= 0.3 is 0 Å². The van der Waals surface area contributed by atoms with E-state index in [4.69, 9.17) is 10.8 Å². The molecular formula is C8H4O. The monoisotopic (exact) mass is 116 g/mol. The van der Waals surface area contributed by atoms with Gasteiger partial charge in [0, 0.05) is 0 Å². The van der Waals surface area contributed by atoms with Crippen molar-refractivity contribution in [3.8, 4) is 24.2 Å². The molecule has 0 spiro atoms. The zero-order chi connectivity index (χ0) is 6.53. The fraction of sp³-hybridized carbons (Fsp3) is 0. The van der Waals surface area contributed by atoms with E-state index in [0.29, 0.717) is 5.76 Å². The molecule has 0 unspecified atom stereocenters. The lowest BCUT2D eigenvalue weighted by atomic mass is 10.4. The van der Waals surface area contributed by atoms with Crippen LogP contribution >= 0.6 is 0 Å². The van der Waals surface area contributed by atoms with Crippen LogP contribution in [-0.4, -0.2) is 0 Å². The van der Waals surface area contributed by atoms with Crippen LogP contribution in [0.2, 0.25) is 0 Å². The van der Waals surface area contributed by atoms with Gasteiger partial charge in [-0.25, -0.2) is 0 Å². The largest absolute Gasteiger partial charge is 0.456 e. The lowest BCUT2D eigenvalue weighted by Gasteiger charge is -1.71. The predicted octanol–water partition coefficient (Wildman–Crippen LogP) is 1.26. The normalized spacial score (nSPS) is 7.00. The Bertz CT molecular complexity index is 264. The molecule has 0 N–H and O–H groups in total. The first-order chi connectivity index (χ1) is 4.43. The Balaban J connectivity index is 2.82. The molecular weight excluding hydrogens is 112 g/mol. The van der Waals surface area contributed by atoms with Crippen LogP contribution in [0.5, 0.6) is 0 Å². The number of hydrogen-bond acceptors (Lipinski definition) is 1. The summed E-state index contributed by atoms with van der Waals surface area (Å²) in [6.07, 6.45) is 6.44. The van der Waals surface area contributed by atoms with Gasteiger partial charge < -0.3 is 4.42 Å². The molecule has 1 heterocycles. The SMILES string of the molecule is C#CC#Cc1ccco1. The van der Waals surface area contributed by atoms with Crippen LogP contribution in [0.1, 0.15) is 5.76 Å². The topological polar surface area (TPSA) is 13.1 Å². The maximum atomic E-state index is 4.88. The maximum absolute atomic E-state index is 4.88. The van der Waals surface area contributed by atoms with Gasteiger partial charge in [0.05, 0.1) is 6.26 Å². The minimum atomic E-state index is 0.605. The maximum Gasteiger partial charge on any atom is 0.177 e. The molecule has 1 rings (SSSR count). The smallest absolute Gasteiger partial charge is 0.177 e. The van der Waals surface area contributed by atoms with E-state index in [0.717, 1.165) is 0 Å². The predicted molar refractivity (Wildman–Crippen MR) is 34.4 cm³/mol. The summed E-state index contributed by atoms with van der Waals surface area (Å²) in [5.41, 5.74) is 0. The third-order valence-electron chi connectivity index (χ3n) is 0.779. The van der Waals surface area contributed by atoms with Crippen molar-refractivity contribution >= 4 is 0 Å². The van der Waals surface area contributed by atoms with Crippen molar-refractivity contribution in [2.45, 2.75) is 0 Å². The second-order valence-electron chi connectivity index (χ2n) is 1.37. The van der Waals surface area contributed by atoms with E-state index in [9.17, 15) is 0 Å². The van der Waals surface area contributed by atoms with Crippen molar-refractivity contribution in [1.82, 2.24) is 0 Å². The molecule has 0 aliphatic carbocycles. The van der Waals surface area contributed by atoms with Crippen LogP contribution < -0.4 is 0 Å². The summed E-state index contributed by atoms with van der Waals surface area (Å²) in [5, 5.41) is 0. The molecule has 1 aromatic rings. The molecule has 0 amide bonds. The molecule has 0 bridgehead atoms. The highest BCUT2D eigenvalue weighted by molar-refractivity contribution is 5.32. The summed E-state index contributed by atoms with van der Waals surface area (Å²) in [5.74, 6) is 7.85. The lowest BCUT2D eigenvalue weighted by Crippen LogP contribution is -1.59. The lowest BCUT2D eigenvalue weighted by molar-refractivity contribution is 0.554. The standard InChI is InChI=1S/C8H4O/c1-2-3-5-8-6-4-7-9-8/h1,4,6-7H. The van der Waals surface area contributed by atoms with E-state index in [-0.39, 0.29) is 0 Å². The van der Waals surface area contributed by atoms with Gasteiger partial charge in [0.2, 0.25) is 0 Å². The van der Waals surface area contributed by atoms with Crippen LogP contribution in [0.15, 0.2) is 22.8 Å². The molecule has 0 saturated heterocycles. The Kier molecular flexibility index (Phi) is 1.63. The Morgan fingerprint density at radius 2 is 2.44 bits per heavy atom. The van der Waals surface area contributed by atoms with E-state index in [2.05, 4.69) is 17.8 Å². The molecule has 9 heavy (non-hydrogen) atoms. The molecule has 0 saturated carbocycles. The van der Waals surface area contributed by atoms with E-state index in [1.165, 1.54) is 0 Å². The quantitative estimate of drug-likeness (QED) is 0.465. The summed E-state index contributed by atoms with van der Waals surface area (Å²) < 4.78 is 4.87. The second-order valence-corrected chi connectivity index (χ2v) is 1.37. The van der Waals surface area contributed by atoms with Crippen molar-refractivity contribution in [3.05, 3.63) is 24.2 Å². The zero-order valence-corrected chi connectivity index (χ0v) is 4.72. The molecule has 1 heteroatoms. The minimum absolute atomic E-state index is 0.605. The van der Waals surface area contributed by atoms with Crippen LogP contribution in [0, 0.1) is 24.2 Å². The van der Waals surface area contributed by atoms with Gasteiger partial charge in [-0.1, -0.05) is 0 Å². The summed E-state index contributed by atoms with van der Waals surface area (Å²) in [4.78, 5) is 0. The van der Waals surface area contributed by atoms with E-state index in [1.807, 2.05) is 0 Å². The fourth-order valence-corrected chi connectivity index (χ4v) is 0.447. The molecule has 1 nitrogen and oxygen atoms in total. The van der Waals surface area contributed by atoms with E-state index < -0.39 is 0 Å². The average molecular weight is 116 g/mol. The van der Waals surface area contributed by atoms with Crippen molar-refractivity contribution in [3.63, 3.8) is 0 Å². The van der Waals surface area contributed by atoms with Gasteiger partial charge in [-0.2, -0.15) is 0 Å². The van der Waals surface area contributed by atoms with E-state index >= 15 is 0 Å². The molecule has 0 aliphatic rings. The average Bonchev–Trinajstić information content (AvgIpc) is 2.34. The Morgan fingerprint density at radius 1 is 1.56 bits per heavy atom. The molecule has 0 fully saturated rings. The first-order valence-electron chi connectivity index (χ1n) is 2.43. The van der Waals surface area contributed by atoms with Gasteiger partial charge in [-0.3, -0.25) is 0 Å². The van der Waals surface area contributed by atoms with Gasteiger partial charge in [0.15, 0.2) is 5.76 Å². The molecule has 0 radical (unpaired) electrons. The van der Waals surface area contributed by atoms with Gasteiger partial charge in [-0.05, 0) is 29.9 Å². The molecule has 42 valence electrons. The highest BCUT2D eigenvalue weighted by Gasteiger charge is 1.82. The highest BCUT2D eigenvalue weighted by Crippen LogP contribution is 1.95. The summed E-state index contributed by atoms with van der Waals surface area (Å²) in [7, 11) is 0. The van der Waals surface area contributed by atoms with Gasteiger partial charge in [-0.15, -0.1) is 6.42 Å². The van der Waals surface area contributed by atoms with Crippen LogP contribution in [-0.2, 0) is 0 Å². The second kappa shape index (κ2) is 2.64. The first-order valence-corrected chi connectivity index (χ1v) is 2.43. The van der Waals surface area contributed by atoms with Crippen molar-refractivity contribution in [2.24, 2.45) is 0 Å². The number of furan rings is 1. The van der Waals surface area contributed by atoms with Crippen molar-refractivity contribution < 1.29 is 4.42 Å². The zero-order valence-electron chi connectivity index (χ0n) is 4.72. The fourth-order valence-electron chi connectivity index (χ4n) is 0.447. The molecule has 0 aromatic carbocycles. The minimum Gasteiger partial charge on any atom is -0.456 e. The van der Waals surface area contributed by atoms with Crippen LogP contribution in [0.25, 0.3) is 0 Å². The third-order valence-corrected chi connectivity index (χ3v) is 0.779. The Morgan fingerprint density at radius 3 is 3.00 bits per heavy atom. The Labute approximate surface area is 53.7 Å². The van der Waals surface area contributed by atoms with E-state index in [1.54, 1.807) is 18.4 Å². The highest BCUT2D eigenvalue weighted by atomic mass is 16.3. The van der Waals surface area contributed by atoms with Crippen LogP contribution in [0.4, 0.5) is 0 Å². The molecule has 0 atom stereocenters. The van der Waals surface area contributed by atoms with Gasteiger partial charge in [0.25, 0.3) is 0 Å². The van der Waals surface area contributed by atoms with Gasteiger partial charge in [0.1, 0.15) is 0 Å². The van der Waals surface area contributed by atoms with Crippen molar-refractivity contribution in [1.29, 1.82) is 0 Å².